The van der Waals surface area contributed by atoms with E-state index in [2.05, 4.69) is 17.6 Å². The number of carbonyl (C=O) groups is 2. The van der Waals surface area contributed by atoms with Gasteiger partial charge in [-0.1, -0.05) is 19.8 Å². The fourth-order valence-electron chi connectivity index (χ4n) is 2.74. The molecule has 1 heterocycles. The minimum atomic E-state index is -0.150. The van der Waals surface area contributed by atoms with Crippen molar-refractivity contribution in [1.29, 1.82) is 0 Å². The van der Waals surface area contributed by atoms with Gasteiger partial charge >= 0.3 is 0 Å². The van der Waals surface area contributed by atoms with Crippen LogP contribution < -0.4 is 10.6 Å². The Balaban J connectivity index is 1.79. The van der Waals surface area contributed by atoms with Crippen molar-refractivity contribution in [3.63, 3.8) is 0 Å². The largest absolute Gasteiger partial charge is 0.355 e. The molecule has 3 atom stereocenters. The number of hydrogen-bond acceptors (Lipinski definition) is 2. The molecule has 2 rings (SSSR count). The van der Waals surface area contributed by atoms with Crippen molar-refractivity contribution in [2.45, 2.75) is 51.5 Å². The molecular weight excluding hydrogens is 216 g/mol. The van der Waals surface area contributed by atoms with Crippen molar-refractivity contribution >= 4 is 11.8 Å². The van der Waals surface area contributed by atoms with E-state index < -0.39 is 0 Å². The maximum absolute atomic E-state index is 11.9. The zero-order valence-corrected chi connectivity index (χ0v) is 10.5. The van der Waals surface area contributed by atoms with Gasteiger partial charge in [0.2, 0.25) is 11.8 Å². The molecule has 96 valence electrons. The monoisotopic (exact) mass is 238 g/mol. The summed E-state index contributed by atoms with van der Waals surface area (Å²) in [4.78, 5) is 23.0. The molecule has 3 unspecified atom stereocenters. The van der Waals surface area contributed by atoms with Crippen molar-refractivity contribution < 1.29 is 9.59 Å². The van der Waals surface area contributed by atoms with Crippen LogP contribution in [0.1, 0.15) is 45.4 Å². The summed E-state index contributed by atoms with van der Waals surface area (Å²) >= 11 is 0. The van der Waals surface area contributed by atoms with Crippen LogP contribution in [0.15, 0.2) is 0 Å². The Morgan fingerprint density at radius 2 is 2.12 bits per heavy atom. The van der Waals surface area contributed by atoms with Gasteiger partial charge in [-0.25, -0.2) is 0 Å². The normalized spacial score (nSPS) is 33.9. The van der Waals surface area contributed by atoms with E-state index in [1.54, 1.807) is 0 Å². The van der Waals surface area contributed by atoms with Crippen LogP contribution in [0.5, 0.6) is 0 Å². The van der Waals surface area contributed by atoms with Crippen LogP contribution in [-0.2, 0) is 9.59 Å². The van der Waals surface area contributed by atoms with E-state index in [1.165, 1.54) is 19.3 Å². The second-order valence-corrected chi connectivity index (χ2v) is 5.52. The van der Waals surface area contributed by atoms with E-state index in [4.69, 9.17) is 0 Å². The zero-order chi connectivity index (χ0) is 12.3. The Morgan fingerprint density at radius 3 is 2.82 bits per heavy atom. The van der Waals surface area contributed by atoms with Gasteiger partial charge in [0.1, 0.15) is 0 Å². The average Bonchev–Trinajstić information content (AvgIpc) is 2.62. The lowest BCUT2D eigenvalue weighted by atomic mass is 10.0. The van der Waals surface area contributed by atoms with Gasteiger partial charge in [-0.2, -0.15) is 0 Å². The number of hydrogen-bond donors (Lipinski definition) is 2. The Morgan fingerprint density at radius 1 is 1.29 bits per heavy atom. The third-order valence-electron chi connectivity index (χ3n) is 3.95. The molecule has 1 saturated heterocycles. The fraction of sp³-hybridized carbons (Fsp3) is 0.846. The number of carbonyl (C=O) groups excluding carboxylic acids is 2. The Labute approximate surface area is 103 Å². The molecule has 0 aromatic rings. The summed E-state index contributed by atoms with van der Waals surface area (Å²) in [6.07, 6.45) is 6.21. The van der Waals surface area contributed by atoms with E-state index in [1.807, 2.05) is 0 Å². The number of rotatable bonds is 2. The first kappa shape index (κ1) is 12.4. The molecule has 4 nitrogen and oxygen atoms in total. The molecule has 0 spiro atoms. The Kier molecular flexibility index (Phi) is 4.02. The third kappa shape index (κ3) is 3.45. The first-order valence-corrected chi connectivity index (χ1v) is 6.72. The molecule has 17 heavy (non-hydrogen) atoms. The van der Waals surface area contributed by atoms with Crippen molar-refractivity contribution in [2.24, 2.45) is 11.8 Å². The van der Waals surface area contributed by atoms with Gasteiger partial charge in [-0.15, -0.1) is 0 Å². The number of nitrogens with one attached hydrogen (secondary N) is 2. The van der Waals surface area contributed by atoms with E-state index in [9.17, 15) is 9.59 Å². The summed E-state index contributed by atoms with van der Waals surface area (Å²) in [7, 11) is 0. The van der Waals surface area contributed by atoms with Crippen LogP contribution in [0.3, 0.4) is 0 Å². The van der Waals surface area contributed by atoms with Crippen molar-refractivity contribution in [2.75, 3.05) is 6.54 Å². The molecule has 0 bridgehead atoms. The maximum atomic E-state index is 11.9. The predicted molar refractivity (Wildman–Crippen MR) is 65.3 cm³/mol. The second kappa shape index (κ2) is 5.52. The summed E-state index contributed by atoms with van der Waals surface area (Å²) in [6, 6.07) is 0.322. The van der Waals surface area contributed by atoms with Crippen molar-refractivity contribution in [3.8, 4) is 0 Å². The van der Waals surface area contributed by atoms with E-state index in [-0.39, 0.29) is 17.7 Å². The summed E-state index contributed by atoms with van der Waals surface area (Å²) in [5, 5.41) is 5.82. The van der Waals surface area contributed by atoms with Crippen molar-refractivity contribution in [1.82, 2.24) is 10.6 Å². The molecule has 0 radical (unpaired) electrons. The predicted octanol–water partition coefficient (Wildman–Crippen LogP) is 1.21. The van der Waals surface area contributed by atoms with Crippen LogP contribution in [0.4, 0.5) is 0 Å². The van der Waals surface area contributed by atoms with Gasteiger partial charge in [0.15, 0.2) is 0 Å². The van der Waals surface area contributed by atoms with Gasteiger partial charge in [0.25, 0.3) is 0 Å². The lowest BCUT2D eigenvalue weighted by Crippen LogP contribution is -2.39. The van der Waals surface area contributed by atoms with Gasteiger partial charge in [-0.3, -0.25) is 9.59 Å². The summed E-state index contributed by atoms with van der Waals surface area (Å²) < 4.78 is 0. The highest BCUT2D eigenvalue weighted by atomic mass is 16.2. The summed E-state index contributed by atoms with van der Waals surface area (Å²) in [5.41, 5.74) is 0. The minimum Gasteiger partial charge on any atom is -0.355 e. The van der Waals surface area contributed by atoms with Gasteiger partial charge < -0.3 is 10.6 Å². The molecule has 2 aliphatic rings. The first-order valence-electron chi connectivity index (χ1n) is 6.72. The molecule has 2 amide bonds. The first-order chi connectivity index (χ1) is 8.15. The van der Waals surface area contributed by atoms with Gasteiger partial charge in [0.05, 0.1) is 5.92 Å². The van der Waals surface area contributed by atoms with Crippen LogP contribution in [0.2, 0.25) is 0 Å². The molecule has 1 saturated carbocycles. The van der Waals surface area contributed by atoms with Gasteiger partial charge in [-0.05, 0) is 25.2 Å². The summed E-state index contributed by atoms with van der Waals surface area (Å²) in [5.74, 6) is 0.692. The quantitative estimate of drug-likeness (QED) is 0.710. The van der Waals surface area contributed by atoms with Crippen LogP contribution >= 0.6 is 0 Å². The van der Waals surface area contributed by atoms with Crippen LogP contribution in [0, 0.1) is 11.8 Å². The Hall–Kier alpha value is -1.06. The number of amides is 2. The van der Waals surface area contributed by atoms with Crippen LogP contribution in [0.25, 0.3) is 0 Å². The molecule has 2 N–H and O–H groups in total. The Bertz CT molecular complexity index is 304. The second-order valence-electron chi connectivity index (χ2n) is 5.52. The molecular formula is C13H22N2O2. The third-order valence-corrected chi connectivity index (χ3v) is 3.95. The van der Waals surface area contributed by atoms with Gasteiger partial charge in [0, 0.05) is 19.0 Å². The highest BCUT2D eigenvalue weighted by molar-refractivity contribution is 5.89. The highest BCUT2D eigenvalue weighted by Crippen LogP contribution is 2.23. The maximum Gasteiger partial charge on any atom is 0.225 e. The topological polar surface area (TPSA) is 58.2 Å². The van der Waals surface area contributed by atoms with Crippen molar-refractivity contribution in [3.05, 3.63) is 0 Å². The standard InChI is InChI=1S/C13H22N2O2/c1-9-3-2-4-11(6-5-9)15-13(17)10-7-12(16)14-8-10/h9-11H,2-8H2,1H3,(H,14,16)(H,15,17). The van der Waals surface area contributed by atoms with E-state index in [0.29, 0.717) is 19.0 Å². The molecule has 0 aromatic heterocycles. The lowest BCUT2D eigenvalue weighted by Gasteiger charge is -2.18. The SMILES string of the molecule is CC1CCCC(NC(=O)C2CNC(=O)C2)CC1. The highest BCUT2D eigenvalue weighted by Gasteiger charge is 2.29. The minimum absolute atomic E-state index is 0.000335. The molecule has 1 aliphatic carbocycles. The zero-order valence-electron chi connectivity index (χ0n) is 10.5. The van der Waals surface area contributed by atoms with Crippen LogP contribution in [-0.4, -0.2) is 24.4 Å². The van der Waals surface area contributed by atoms with E-state index >= 15 is 0 Å². The summed E-state index contributed by atoms with van der Waals surface area (Å²) in [6.45, 7) is 2.79. The molecule has 4 heteroatoms. The van der Waals surface area contributed by atoms with E-state index in [0.717, 1.165) is 18.8 Å². The lowest BCUT2D eigenvalue weighted by molar-refractivity contribution is -0.127. The molecule has 0 aromatic carbocycles. The molecule has 1 aliphatic heterocycles. The smallest absolute Gasteiger partial charge is 0.225 e. The average molecular weight is 238 g/mol. The fourth-order valence-corrected chi connectivity index (χ4v) is 2.74. The molecule has 2 fully saturated rings.